The zero-order chi connectivity index (χ0) is 40.6. The molecule has 0 aliphatic carbocycles. The number of ether oxygens (including phenoxy) is 2. The summed E-state index contributed by atoms with van der Waals surface area (Å²) in [6.07, 6.45) is 40.4. The number of carbonyl (C=O) groups excluding carboxylic acids is 2. The molecule has 0 atom stereocenters. The van der Waals surface area contributed by atoms with Crippen LogP contribution in [-0.2, 0) is 9.47 Å². The van der Waals surface area contributed by atoms with Crippen molar-refractivity contribution < 1.29 is 19.1 Å². The average Bonchev–Trinajstić information content (AvgIpc) is 3.22. The lowest BCUT2D eigenvalue weighted by Gasteiger charge is -2.20. The van der Waals surface area contributed by atoms with Gasteiger partial charge in [0, 0.05) is 13.1 Å². The summed E-state index contributed by atoms with van der Waals surface area (Å²) in [6.45, 7) is 16.0. The molecule has 1 aromatic rings. The van der Waals surface area contributed by atoms with Gasteiger partial charge in [-0.05, 0) is 76.1 Å². The molecule has 0 saturated carbocycles. The summed E-state index contributed by atoms with van der Waals surface area (Å²) in [5.74, 6) is -0.670. The topological polar surface area (TPSA) is 59.1 Å². The van der Waals surface area contributed by atoms with Crippen molar-refractivity contribution in [3.8, 4) is 0 Å². The molecule has 0 fully saturated rings. The zero-order valence-corrected chi connectivity index (χ0v) is 37.7. The van der Waals surface area contributed by atoms with Gasteiger partial charge in [-0.2, -0.15) is 0 Å². The van der Waals surface area contributed by atoms with Gasteiger partial charge in [-0.25, -0.2) is 9.59 Å². The molecule has 0 N–H and O–H groups in total. The third-order valence-electron chi connectivity index (χ3n) is 11.6. The molecule has 0 bridgehead atoms. The van der Waals surface area contributed by atoms with Gasteiger partial charge in [0.2, 0.25) is 0 Å². The second-order valence-electron chi connectivity index (χ2n) is 16.6. The van der Waals surface area contributed by atoms with Crippen molar-refractivity contribution in [2.45, 2.75) is 220 Å². The Bertz CT molecular complexity index is 920. The third kappa shape index (κ3) is 31.1. The van der Waals surface area contributed by atoms with Gasteiger partial charge >= 0.3 is 11.9 Å². The van der Waals surface area contributed by atoms with E-state index in [0.717, 1.165) is 52.1 Å². The predicted molar refractivity (Wildman–Crippen MR) is 241 cm³/mol. The van der Waals surface area contributed by atoms with Crippen molar-refractivity contribution in [1.82, 2.24) is 9.80 Å². The smallest absolute Gasteiger partial charge is 0.338 e. The fourth-order valence-corrected chi connectivity index (χ4v) is 7.73. The van der Waals surface area contributed by atoms with E-state index in [0.29, 0.717) is 24.3 Å². The molecule has 0 radical (unpaired) electrons. The highest BCUT2D eigenvalue weighted by atomic mass is 16.5. The summed E-state index contributed by atoms with van der Waals surface area (Å²) in [5, 5.41) is 0. The second kappa shape index (κ2) is 39.9. The molecule has 0 saturated heterocycles. The second-order valence-corrected chi connectivity index (χ2v) is 16.6. The van der Waals surface area contributed by atoms with Crippen LogP contribution in [0.15, 0.2) is 24.3 Å². The Labute approximate surface area is 348 Å². The van der Waals surface area contributed by atoms with Crippen LogP contribution in [0.25, 0.3) is 0 Å². The van der Waals surface area contributed by atoms with Crippen LogP contribution in [0, 0.1) is 0 Å². The largest absolute Gasteiger partial charge is 0.462 e. The quantitative estimate of drug-likeness (QED) is 0.0486. The summed E-state index contributed by atoms with van der Waals surface area (Å²) in [7, 11) is 0. The molecular weight excluding hydrogens is 693 g/mol. The number of unbranched alkanes of at least 4 members (excludes halogenated alkanes) is 26. The van der Waals surface area contributed by atoms with E-state index in [1.165, 1.54) is 180 Å². The lowest BCUT2D eigenvalue weighted by Crippen LogP contribution is -2.27. The molecular formula is C50H92N2O4. The van der Waals surface area contributed by atoms with Crippen molar-refractivity contribution in [2.24, 2.45) is 0 Å². The highest BCUT2D eigenvalue weighted by Gasteiger charge is 2.12. The van der Waals surface area contributed by atoms with E-state index in [4.69, 9.17) is 9.47 Å². The van der Waals surface area contributed by atoms with Gasteiger partial charge in [0.1, 0.15) is 0 Å². The fraction of sp³-hybridized carbons (Fsp3) is 0.840. The Morgan fingerprint density at radius 2 is 0.589 bits per heavy atom. The summed E-state index contributed by atoms with van der Waals surface area (Å²) in [4.78, 5) is 30.2. The van der Waals surface area contributed by atoms with Crippen molar-refractivity contribution in [3.05, 3.63) is 35.4 Å². The maximum Gasteiger partial charge on any atom is 0.338 e. The normalized spacial score (nSPS) is 11.5. The van der Waals surface area contributed by atoms with Crippen LogP contribution in [0.2, 0.25) is 0 Å². The van der Waals surface area contributed by atoms with Gasteiger partial charge in [-0.15, -0.1) is 0 Å². The van der Waals surface area contributed by atoms with Crippen LogP contribution >= 0.6 is 0 Å². The number of hydrogen-bond acceptors (Lipinski definition) is 6. The lowest BCUT2D eigenvalue weighted by atomic mass is 10.0. The molecule has 56 heavy (non-hydrogen) atoms. The maximum absolute atomic E-state index is 12.6. The van der Waals surface area contributed by atoms with Gasteiger partial charge < -0.3 is 19.3 Å². The zero-order valence-electron chi connectivity index (χ0n) is 37.7. The summed E-state index contributed by atoms with van der Waals surface area (Å²) in [5.41, 5.74) is 0.941. The van der Waals surface area contributed by atoms with Gasteiger partial charge in [0.05, 0.1) is 24.3 Å². The first-order valence-corrected chi connectivity index (χ1v) is 24.4. The molecule has 0 aliphatic rings. The predicted octanol–water partition coefficient (Wildman–Crippen LogP) is 14.4. The monoisotopic (exact) mass is 785 g/mol. The van der Waals surface area contributed by atoms with E-state index in [-0.39, 0.29) is 11.9 Å². The summed E-state index contributed by atoms with van der Waals surface area (Å²) >= 11 is 0. The molecule has 0 aromatic heterocycles. The van der Waals surface area contributed by atoms with Gasteiger partial charge in [-0.3, -0.25) is 0 Å². The first kappa shape index (κ1) is 52.1. The number of nitrogens with zero attached hydrogens (tertiary/aromatic N) is 2. The minimum absolute atomic E-state index is 0.335. The van der Waals surface area contributed by atoms with E-state index < -0.39 is 0 Å². The Morgan fingerprint density at radius 1 is 0.357 bits per heavy atom. The fourth-order valence-electron chi connectivity index (χ4n) is 7.73. The first-order valence-electron chi connectivity index (χ1n) is 24.4. The highest BCUT2D eigenvalue weighted by Crippen LogP contribution is 2.15. The van der Waals surface area contributed by atoms with E-state index in [2.05, 4.69) is 37.5 Å². The van der Waals surface area contributed by atoms with E-state index >= 15 is 0 Å². The van der Waals surface area contributed by atoms with Crippen molar-refractivity contribution in [1.29, 1.82) is 0 Å². The maximum atomic E-state index is 12.6. The van der Waals surface area contributed by atoms with Crippen molar-refractivity contribution >= 4 is 11.9 Å². The van der Waals surface area contributed by atoms with E-state index in [1.54, 1.807) is 24.3 Å². The third-order valence-corrected chi connectivity index (χ3v) is 11.6. The standard InChI is InChI=1S/C50H92N2O4/c1-5-9-11-13-15-17-19-21-23-25-27-29-31-33-41-51(7-3)43-35-45-55-49(53)47-37-39-48(40-38-47)50(54)56-46-36-44-52(8-4)42-34-32-30-28-26-24-22-20-18-16-14-12-10-6-2/h37-40H,5-36,41-46H2,1-4H3. The molecule has 0 aliphatic heterocycles. The molecule has 326 valence electrons. The van der Waals surface area contributed by atoms with Crippen LogP contribution in [0.5, 0.6) is 0 Å². The molecule has 0 amide bonds. The number of esters is 2. The summed E-state index contributed by atoms with van der Waals surface area (Å²) < 4.78 is 11.1. The van der Waals surface area contributed by atoms with Gasteiger partial charge in [0.15, 0.2) is 0 Å². The molecule has 0 heterocycles. The van der Waals surface area contributed by atoms with Crippen LogP contribution in [0.1, 0.15) is 241 Å². The van der Waals surface area contributed by atoms with Crippen LogP contribution < -0.4 is 0 Å². The Kier molecular flexibility index (Phi) is 37.1. The average molecular weight is 785 g/mol. The molecule has 1 rings (SSSR count). The molecule has 0 unspecified atom stereocenters. The minimum atomic E-state index is -0.335. The van der Waals surface area contributed by atoms with Crippen LogP contribution in [0.3, 0.4) is 0 Å². The van der Waals surface area contributed by atoms with Gasteiger partial charge in [0.25, 0.3) is 0 Å². The van der Waals surface area contributed by atoms with Crippen LogP contribution in [0.4, 0.5) is 0 Å². The highest BCUT2D eigenvalue weighted by molar-refractivity contribution is 5.93. The van der Waals surface area contributed by atoms with Crippen molar-refractivity contribution in [2.75, 3.05) is 52.5 Å². The summed E-state index contributed by atoms with van der Waals surface area (Å²) in [6, 6.07) is 6.68. The lowest BCUT2D eigenvalue weighted by molar-refractivity contribution is 0.0474. The van der Waals surface area contributed by atoms with Crippen LogP contribution in [-0.4, -0.2) is 74.2 Å². The molecule has 6 heteroatoms. The SMILES string of the molecule is CCCCCCCCCCCCCCCCN(CC)CCCOC(=O)c1ccc(C(=O)OCCCN(CC)CCCCCCCCCCCCCCCC)cc1. The van der Waals surface area contributed by atoms with Crippen molar-refractivity contribution in [3.63, 3.8) is 0 Å². The number of carbonyl (C=O) groups is 2. The number of rotatable bonds is 42. The number of hydrogen-bond donors (Lipinski definition) is 0. The Hall–Kier alpha value is -1.92. The molecule has 6 nitrogen and oxygen atoms in total. The van der Waals surface area contributed by atoms with E-state index in [1.807, 2.05) is 0 Å². The minimum Gasteiger partial charge on any atom is -0.462 e. The van der Waals surface area contributed by atoms with E-state index in [9.17, 15) is 9.59 Å². The Morgan fingerprint density at radius 3 is 0.839 bits per heavy atom. The molecule has 0 spiro atoms. The first-order chi connectivity index (χ1) is 27.5. The molecule has 1 aromatic carbocycles. The number of benzene rings is 1. The Balaban J connectivity index is 2.05. The van der Waals surface area contributed by atoms with Gasteiger partial charge in [-0.1, -0.05) is 195 Å².